The second-order valence-electron chi connectivity index (χ2n) is 6.00. The van der Waals surface area contributed by atoms with Gasteiger partial charge in [0.05, 0.1) is 7.11 Å². The van der Waals surface area contributed by atoms with Gasteiger partial charge in [0.2, 0.25) is 0 Å². The second kappa shape index (κ2) is 7.22. The molecule has 0 saturated carbocycles. The third-order valence-corrected chi connectivity index (χ3v) is 4.24. The minimum absolute atomic E-state index is 0.191. The van der Waals surface area contributed by atoms with Crippen molar-refractivity contribution in [2.45, 2.75) is 25.3 Å². The summed E-state index contributed by atoms with van der Waals surface area (Å²) in [6.45, 7) is 6.29. The SMILES string of the molecule is CNC(C)(CCN(C)CC1CCN(C)C1)C(=O)OC. The molecule has 1 aliphatic rings. The summed E-state index contributed by atoms with van der Waals surface area (Å²) in [7, 11) is 7.56. The van der Waals surface area contributed by atoms with E-state index in [1.54, 1.807) is 0 Å². The number of likely N-dealkylation sites (tertiary alicyclic amines) is 1. The van der Waals surface area contributed by atoms with Gasteiger partial charge < -0.3 is 19.9 Å². The normalized spacial score (nSPS) is 23.6. The van der Waals surface area contributed by atoms with E-state index in [2.05, 4.69) is 29.2 Å². The van der Waals surface area contributed by atoms with E-state index >= 15 is 0 Å². The summed E-state index contributed by atoms with van der Waals surface area (Å²) in [5.41, 5.74) is -0.588. The maximum atomic E-state index is 11.8. The Hall–Kier alpha value is -0.650. The summed E-state index contributed by atoms with van der Waals surface area (Å²) in [6.07, 6.45) is 2.04. The van der Waals surface area contributed by atoms with E-state index in [1.165, 1.54) is 26.6 Å². The molecule has 5 nitrogen and oxygen atoms in total. The van der Waals surface area contributed by atoms with Gasteiger partial charge in [-0.05, 0) is 53.4 Å². The number of hydrogen-bond donors (Lipinski definition) is 1. The van der Waals surface area contributed by atoms with Gasteiger partial charge in [0.1, 0.15) is 5.54 Å². The lowest BCUT2D eigenvalue weighted by atomic mass is 9.97. The van der Waals surface area contributed by atoms with Gasteiger partial charge in [0, 0.05) is 19.6 Å². The summed E-state index contributed by atoms with van der Waals surface area (Å²) in [6, 6.07) is 0. The Labute approximate surface area is 117 Å². The molecule has 0 aliphatic carbocycles. The maximum Gasteiger partial charge on any atom is 0.325 e. The molecule has 1 fully saturated rings. The van der Waals surface area contributed by atoms with Gasteiger partial charge in [0.25, 0.3) is 0 Å². The number of ether oxygens (including phenoxy) is 1. The van der Waals surface area contributed by atoms with Crippen molar-refractivity contribution in [3.05, 3.63) is 0 Å². The van der Waals surface area contributed by atoms with E-state index < -0.39 is 5.54 Å². The fraction of sp³-hybridized carbons (Fsp3) is 0.929. The number of carbonyl (C=O) groups is 1. The average Bonchev–Trinajstić information content (AvgIpc) is 2.80. The minimum atomic E-state index is -0.588. The molecule has 0 spiro atoms. The van der Waals surface area contributed by atoms with Crippen molar-refractivity contribution in [2.24, 2.45) is 5.92 Å². The van der Waals surface area contributed by atoms with Crippen LogP contribution in [0.25, 0.3) is 0 Å². The monoisotopic (exact) mass is 271 g/mol. The molecule has 1 heterocycles. The van der Waals surface area contributed by atoms with E-state index in [4.69, 9.17) is 4.74 Å². The van der Waals surface area contributed by atoms with Crippen LogP contribution in [-0.4, -0.2) is 75.7 Å². The van der Waals surface area contributed by atoms with E-state index in [0.29, 0.717) is 0 Å². The fourth-order valence-electron chi connectivity index (χ4n) is 2.68. The molecule has 0 aromatic rings. The highest BCUT2D eigenvalue weighted by molar-refractivity contribution is 5.80. The first-order chi connectivity index (χ1) is 8.91. The van der Waals surface area contributed by atoms with E-state index in [0.717, 1.165) is 25.4 Å². The molecule has 1 rings (SSSR count). The zero-order chi connectivity index (χ0) is 14.5. The standard InChI is InChI=1S/C14H29N3O2/c1-14(15-2,13(18)19-5)7-9-17(4)11-12-6-8-16(3)10-12/h12,15H,6-11H2,1-5H3. The number of nitrogens with one attached hydrogen (secondary N) is 1. The summed E-state index contributed by atoms with van der Waals surface area (Å²) in [5, 5.41) is 3.08. The predicted octanol–water partition coefficient (Wildman–Crippen LogP) is 0.411. The van der Waals surface area contributed by atoms with Gasteiger partial charge in [0.15, 0.2) is 0 Å². The van der Waals surface area contributed by atoms with Crippen LogP contribution in [0.3, 0.4) is 0 Å². The third-order valence-electron chi connectivity index (χ3n) is 4.24. The molecule has 0 aromatic heterocycles. The largest absolute Gasteiger partial charge is 0.468 e. The van der Waals surface area contributed by atoms with Crippen LogP contribution in [0.5, 0.6) is 0 Å². The Balaban J connectivity index is 2.36. The Bertz CT molecular complexity index is 298. The Morgan fingerprint density at radius 3 is 2.74 bits per heavy atom. The quantitative estimate of drug-likeness (QED) is 0.680. The molecule has 0 amide bonds. The first-order valence-corrected chi connectivity index (χ1v) is 7.05. The average molecular weight is 271 g/mol. The molecule has 19 heavy (non-hydrogen) atoms. The second-order valence-corrected chi connectivity index (χ2v) is 6.00. The highest BCUT2D eigenvalue weighted by Crippen LogP contribution is 2.17. The Morgan fingerprint density at radius 1 is 1.58 bits per heavy atom. The van der Waals surface area contributed by atoms with Crippen molar-refractivity contribution < 1.29 is 9.53 Å². The van der Waals surface area contributed by atoms with Crippen molar-refractivity contribution in [3.8, 4) is 0 Å². The molecule has 112 valence electrons. The van der Waals surface area contributed by atoms with E-state index in [-0.39, 0.29) is 5.97 Å². The van der Waals surface area contributed by atoms with Crippen LogP contribution in [0.2, 0.25) is 0 Å². The number of hydrogen-bond acceptors (Lipinski definition) is 5. The molecule has 1 aliphatic heterocycles. The van der Waals surface area contributed by atoms with Crippen molar-refractivity contribution in [2.75, 3.05) is 54.4 Å². The summed E-state index contributed by atoms with van der Waals surface area (Å²) in [5.74, 6) is 0.568. The van der Waals surface area contributed by atoms with Crippen LogP contribution >= 0.6 is 0 Å². The van der Waals surface area contributed by atoms with Gasteiger partial charge in [-0.2, -0.15) is 0 Å². The van der Waals surface area contributed by atoms with Crippen molar-refractivity contribution in [1.29, 1.82) is 0 Å². The summed E-state index contributed by atoms with van der Waals surface area (Å²) < 4.78 is 4.86. The molecular weight excluding hydrogens is 242 g/mol. The number of esters is 1. The van der Waals surface area contributed by atoms with E-state index in [1.807, 2.05) is 14.0 Å². The predicted molar refractivity (Wildman–Crippen MR) is 77.2 cm³/mol. The maximum absolute atomic E-state index is 11.8. The first-order valence-electron chi connectivity index (χ1n) is 7.05. The molecule has 5 heteroatoms. The van der Waals surface area contributed by atoms with Crippen molar-refractivity contribution in [3.63, 3.8) is 0 Å². The van der Waals surface area contributed by atoms with Gasteiger partial charge in [-0.1, -0.05) is 0 Å². The smallest absolute Gasteiger partial charge is 0.325 e. The van der Waals surface area contributed by atoms with Crippen LogP contribution in [0.4, 0.5) is 0 Å². The first kappa shape index (κ1) is 16.4. The van der Waals surface area contributed by atoms with Gasteiger partial charge >= 0.3 is 5.97 Å². The summed E-state index contributed by atoms with van der Waals surface area (Å²) >= 11 is 0. The number of likely N-dealkylation sites (N-methyl/N-ethyl adjacent to an activating group) is 1. The van der Waals surface area contributed by atoms with Gasteiger partial charge in [-0.25, -0.2) is 0 Å². The molecule has 2 unspecified atom stereocenters. The lowest BCUT2D eigenvalue weighted by Gasteiger charge is -2.29. The molecule has 0 bridgehead atoms. The number of rotatable bonds is 7. The molecule has 1 saturated heterocycles. The number of carbonyl (C=O) groups excluding carboxylic acids is 1. The zero-order valence-electron chi connectivity index (χ0n) is 13.0. The minimum Gasteiger partial charge on any atom is -0.468 e. The highest BCUT2D eigenvalue weighted by atomic mass is 16.5. The fourth-order valence-corrected chi connectivity index (χ4v) is 2.68. The van der Waals surface area contributed by atoms with Crippen LogP contribution in [0.15, 0.2) is 0 Å². The van der Waals surface area contributed by atoms with Gasteiger partial charge in [-0.3, -0.25) is 4.79 Å². The van der Waals surface area contributed by atoms with Crippen LogP contribution < -0.4 is 5.32 Å². The molecule has 0 aromatic carbocycles. The van der Waals surface area contributed by atoms with Crippen molar-refractivity contribution >= 4 is 5.97 Å². The lowest BCUT2D eigenvalue weighted by Crippen LogP contribution is -2.50. The van der Waals surface area contributed by atoms with E-state index in [9.17, 15) is 4.79 Å². The summed E-state index contributed by atoms with van der Waals surface area (Å²) in [4.78, 5) is 16.5. The number of methoxy groups -OCH3 is 1. The van der Waals surface area contributed by atoms with Crippen LogP contribution in [0.1, 0.15) is 19.8 Å². The number of nitrogens with zero attached hydrogens (tertiary/aromatic N) is 2. The molecule has 1 N–H and O–H groups in total. The lowest BCUT2D eigenvalue weighted by molar-refractivity contribution is -0.148. The van der Waals surface area contributed by atoms with Crippen LogP contribution in [-0.2, 0) is 9.53 Å². The highest BCUT2D eigenvalue weighted by Gasteiger charge is 2.32. The Morgan fingerprint density at radius 2 is 2.26 bits per heavy atom. The molecular formula is C14H29N3O2. The zero-order valence-corrected chi connectivity index (χ0v) is 13.0. The molecule has 0 radical (unpaired) electrons. The Kier molecular flexibility index (Phi) is 6.23. The van der Waals surface area contributed by atoms with Crippen molar-refractivity contribution in [1.82, 2.24) is 15.1 Å². The third kappa shape index (κ3) is 4.75. The molecule has 2 atom stereocenters. The topological polar surface area (TPSA) is 44.8 Å². The van der Waals surface area contributed by atoms with Crippen LogP contribution in [0, 0.1) is 5.92 Å². The van der Waals surface area contributed by atoms with Gasteiger partial charge in [-0.15, -0.1) is 0 Å².